The van der Waals surface area contributed by atoms with Gasteiger partial charge in [-0.2, -0.15) is 0 Å². The predicted octanol–water partition coefficient (Wildman–Crippen LogP) is 4.25. The number of hydrogen-bond acceptors (Lipinski definition) is 5. The maximum atomic E-state index is 10.8. The number of nitrogens with zero attached hydrogens (tertiary/aromatic N) is 3. The highest BCUT2D eigenvalue weighted by Crippen LogP contribution is 2.28. The van der Waals surface area contributed by atoms with Crippen molar-refractivity contribution in [2.75, 3.05) is 18.0 Å². The van der Waals surface area contributed by atoms with Crippen molar-refractivity contribution < 1.29 is 9.34 Å². The van der Waals surface area contributed by atoms with Crippen molar-refractivity contribution in [2.45, 2.75) is 13.8 Å². The summed E-state index contributed by atoms with van der Waals surface area (Å²) in [5, 5.41) is 10.8. The highest BCUT2D eigenvalue weighted by molar-refractivity contribution is 5.78. The summed E-state index contributed by atoms with van der Waals surface area (Å²) in [4.78, 5) is 17.0. The van der Waals surface area contributed by atoms with Crippen molar-refractivity contribution in [2.24, 2.45) is 0 Å². The Bertz CT molecular complexity index is 836. The zero-order valence-electron chi connectivity index (χ0n) is 13.0. The number of non-ortho nitro benzene ring substituents is 1. The maximum Gasteiger partial charge on any atom is 0.271 e. The minimum absolute atomic E-state index is 0.00855. The molecule has 23 heavy (non-hydrogen) atoms. The number of anilines is 1. The van der Waals surface area contributed by atoms with E-state index in [0.717, 1.165) is 24.3 Å². The molecule has 6 heteroatoms. The average Bonchev–Trinajstić information content (AvgIpc) is 2.99. The minimum Gasteiger partial charge on any atom is -0.436 e. The normalized spacial score (nSPS) is 10.9. The second-order valence-electron chi connectivity index (χ2n) is 5.15. The molecule has 0 radical (unpaired) electrons. The van der Waals surface area contributed by atoms with E-state index in [-0.39, 0.29) is 5.69 Å². The highest BCUT2D eigenvalue weighted by Gasteiger charge is 2.13. The van der Waals surface area contributed by atoms with Crippen LogP contribution in [-0.2, 0) is 0 Å². The quantitative estimate of drug-likeness (QED) is 0.520. The van der Waals surface area contributed by atoms with Gasteiger partial charge in [-0.25, -0.2) is 4.98 Å². The van der Waals surface area contributed by atoms with Crippen LogP contribution in [0.3, 0.4) is 0 Å². The van der Waals surface area contributed by atoms with Crippen molar-refractivity contribution in [3.05, 3.63) is 52.6 Å². The van der Waals surface area contributed by atoms with Gasteiger partial charge >= 0.3 is 0 Å². The van der Waals surface area contributed by atoms with E-state index in [9.17, 15) is 10.1 Å². The molecule has 0 aliphatic heterocycles. The summed E-state index contributed by atoms with van der Waals surface area (Å²) in [7, 11) is 0. The Morgan fingerprint density at radius 3 is 2.43 bits per heavy atom. The van der Waals surface area contributed by atoms with Crippen LogP contribution in [0.1, 0.15) is 13.8 Å². The lowest BCUT2D eigenvalue weighted by molar-refractivity contribution is -0.384. The van der Waals surface area contributed by atoms with Gasteiger partial charge in [0, 0.05) is 36.5 Å². The second kappa shape index (κ2) is 6.08. The number of fused-ring (bicyclic) bond motifs is 1. The Morgan fingerprint density at radius 1 is 1.13 bits per heavy atom. The molecule has 1 aromatic heterocycles. The lowest BCUT2D eigenvalue weighted by Gasteiger charge is -2.20. The summed E-state index contributed by atoms with van der Waals surface area (Å²) in [6.45, 7) is 6.13. The first-order valence-electron chi connectivity index (χ1n) is 7.52. The molecule has 1 heterocycles. The molecular weight excluding hydrogens is 294 g/mol. The Kier molecular flexibility index (Phi) is 3.97. The number of benzene rings is 2. The van der Waals surface area contributed by atoms with E-state index in [4.69, 9.17) is 4.42 Å². The van der Waals surface area contributed by atoms with Crippen molar-refractivity contribution in [1.82, 2.24) is 4.98 Å². The molecule has 0 spiro atoms. The standard InChI is InChI=1S/C17H17N3O3/c1-3-19(4-2)13-7-5-12(6-8-13)17-18-15-11-14(20(21)22)9-10-16(15)23-17/h5-11H,3-4H2,1-2H3. The summed E-state index contributed by atoms with van der Waals surface area (Å²) < 4.78 is 5.69. The molecule has 2 aromatic carbocycles. The molecule has 0 atom stereocenters. The molecule has 0 N–H and O–H groups in total. The second-order valence-corrected chi connectivity index (χ2v) is 5.15. The zero-order chi connectivity index (χ0) is 16.4. The molecule has 0 saturated carbocycles. The van der Waals surface area contributed by atoms with Gasteiger partial charge in [0.05, 0.1) is 4.92 Å². The third kappa shape index (κ3) is 2.88. The van der Waals surface area contributed by atoms with Crippen LogP contribution in [0.15, 0.2) is 46.9 Å². The predicted molar refractivity (Wildman–Crippen MR) is 89.7 cm³/mol. The van der Waals surface area contributed by atoms with Crippen molar-refractivity contribution in [3.8, 4) is 11.5 Å². The molecule has 0 bridgehead atoms. The highest BCUT2D eigenvalue weighted by atomic mass is 16.6. The first-order valence-corrected chi connectivity index (χ1v) is 7.52. The maximum absolute atomic E-state index is 10.8. The fourth-order valence-electron chi connectivity index (χ4n) is 2.56. The summed E-state index contributed by atoms with van der Waals surface area (Å²) in [6.07, 6.45) is 0. The van der Waals surface area contributed by atoms with E-state index in [1.165, 1.54) is 12.1 Å². The molecular formula is C17H17N3O3. The lowest BCUT2D eigenvalue weighted by atomic mass is 10.2. The summed E-state index contributed by atoms with van der Waals surface area (Å²) in [5.41, 5.74) is 3.03. The zero-order valence-corrected chi connectivity index (χ0v) is 13.0. The van der Waals surface area contributed by atoms with Crippen molar-refractivity contribution in [1.29, 1.82) is 0 Å². The number of nitro benzene ring substituents is 1. The van der Waals surface area contributed by atoms with Gasteiger partial charge in [0.2, 0.25) is 5.89 Å². The first-order chi connectivity index (χ1) is 11.1. The minimum atomic E-state index is -0.438. The molecule has 0 fully saturated rings. The summed E-state index contributed by atoms with van der Waals surface area (Å²) in [6, 6.07) is 12.4. The van der Waals surface area contributed by atoms with E-state index in [1.54, 1.807) is 6.07 Å². The van der Waals surface area contributed by atoms with E-state index in [2.05, 4.69) is 23.7 Å². The van der Waals surface area contributed by atoms with Crippen LogP contribution in [0.2, 0.25) is 0 Å². The van der Waals surface area contributed by atoms with Crippen LogP contribution in [-0.4, -0.2) is 23.0 Å². The van der Waals surface area contributed by atoms with Crippen molar-refractivity contribution >= 4 is 22.5 Å². The molecule has 0 saturated heterocycles. The van der Waals surface area contributed by atoms with Crippen LogP contribution < -0.4 is 4.90 Å². The molecule has 3 aromatic rings. The van der Waals surface area contributed by atoms with E-state index < -0.39 is 4.92 Å². The molecule has 0 aliphatic carbocycles. The van der Waals surface area contributed by atoms with E-state index in [1.807, 2.05) is 24.3 Å². The molecule has 3 rings (SSSR count). The Hall–Kier alpha value is -2.89. The average molecular weight is 311 g/mol. The summed E-state index contributed by atoms with van der Waals surface area (Å²) >= 11 is 0. The SMILES string of the molecule is CCN(CC)c1ccc(-c2nc3cc([N+](=O)[O-])ccc3o2)cc1. The Balaban J connectivity index is 1.95. The number of hydrogen-bond donors (Lipinski definition) is 0. The van der Waals surface area contributed by atoms with E-state index >= 15 is 0 Å². The van der Waals surface area contributed by atoms with Crippen LogP contribution in [0.5, 0.6) is 0 Å². The van der Waals surface area contributed by atoms with Crippen LogP contribution >= 0.6 is 0 Å². The van der Waals surface area contributed by atoms with Gasteiger partial charge in [0.15, 0.2) is 5.58 Å². The number of aromatic nitrogens is 1. The van der Waals surface area contributed by atoms with Crippen LogP contribution in [0.4, 0.5) is 11.4 Å². The third-order valence-corrected chi connectivity index (χ3v) is 3.82. The van der Waals surface area contributed by atoms with Gasteiger partial charge < -0.3 is 9.32 Å². The van der Waals surface area contributed by atoms with Gasteiger partial charge in [-0.05, 0) is 44.2 Å². The van der Waals surface area contributed by atoms with Gasteiger partial charge in [-0.15, -0.1) is 0 Å². The van der Waals surface area contributed by atoms with Gasteiger partial charge in [0.1, 0.15) is 5.52 Å². The van der Waals surface area contributed by atoms with Gasteiger partial charge in [0.25, 0.3) is 5.69 Å². The van der Waals surface area contributed by atoms with Crippen LogP contribution in [0.25, 0.3) is 22.6 Å². The molecule has 0 aliphatic rings. The topological polar surface area (TPSA) is 72.4 Å². The van der Waals surface area contributed by atoms with Gasteiger partial charge in [-0.3, -0.25) is 10.1 Å². The lowest BCUT2D eigenvalue weighted by Crippen LogP contribution is -2.21. The van der Waals surface area contributed by atoms with Gasteiger partial charge in [-0.1, -0.05) is 0 Å². The largest absolute Gasteiger partial charge is 0.436 e. The van der Waals surface area contributed by atoms with E-state index in [0.29, 0.717) is 17.0 Å². The number of oxazole rings is 1. The number of nitro groups is 1. The molecule has 118 valence electrons. The molecule has 0 unspecified atom stereocenters. The summed E-state index contributed by atoms with van der Waals surface area (Å²) in [5.74, 6) is 0.464. The fourth-order valence-corrected chi connectivity index (χ4v) is 2.56. The van der Waals surface area contributed by atoms with Crippen molar-refractivity contribution in [3.63, 3.8) is 0 Å². The smallest absolute Gasteiger partial charge is 0.271 e. The van der Waals surface area contributed by atoms with Crippen LogP contribution in [0, 0.1) is 10.1 Å². The molecule has 6 nitrogen and oxygen atoms in total. The first kappa shape index (κ1) is 15.0. The fraction of sp³-hybridized carbons (Fsp3) is 0.235. The monoisotopic (exact) mass is 311 g/mol. The molecule has 0 amide bonds. The Labute approximate surface area is 133 Å². The Morgan fingerprint density at radius 2 is 1.83 bits per heavy atom. The number of rotatable bonds is 5. The third-order valence-electron chi connectivity index (χ3n) is 3.82.